The Morgan fingerprint density at radius 1 is 0.971 bits per heavy atom. The summed E-state index contributed by atoms with van der Waals surface area (Å²) < 4.78 is 79.4. The van der Waals surface area contributed by atoms with Crippen LogP contribution >= 0.6 is 0 Å². The third kappa shape index (κ3) is 3.41. The highest BCUT2D eigenvalue weighted by Crippen LogP contribution is 2.58. The zero-order valence-electron chi connectivity index (χ0n) is 18.6. The van der Waals surface area contributed by atoms with E-state index in [1.165, 1.54) is 24.1 Å². The van der Waals surface area contributed by atoms with Crippen molar-refractivity contribution in [1.82, 2.24) is 0 Å². The highest BCUT2D eigenvalue weighted by atomic mass is 32.2. The van der Waals surface area contributed by atoms with E-state index >= 15 is 8.78 Å². The van der Waals surface area contributed by atoms with Crippen molar-refractivity contribution < 1.29 is 26.3 Å². The molecule has 0 bridgehead atoms. The number of anilines is 3. The highest BCUT2D eigenvalue weighted by molar-refractivity contribution is 7.93. The van der Waals surface area contributed by atoms with Gasteiger partial charge in [-0.2, -0.15) is 0 Å². The van der Waals surface area contributed by atoms with Crippen LogP contribution in [-0.2, 0) is 16.4 Å². The molecule has 0 saturated heterocycles. The lowest BCUT2D eigenvalue weighted by Crippen LogP contribution is -2.39. The summed E-state index contributed by atoms with van der Waals surface area (Å²) >= 11 is 0. The molecule has 1 fully saturated rings. The first-order valence-corrected chi connectivity index (χ1v) is 12.5. The maximum Gasteiger partial charge on any atom is 0.240 e. The van der Waals surface area contributed by atoms with Gasteiger partial charge in [-0.05, 0) is 42.5 Å². The number of sulfonamides is 1. The van der Waals surface area contributed by atoms with Crippen LogP contribution in [0.3, 0.4) is 0 Å². The molecule has 3 aromatic carbocycles. The van der Waals surface area contributed by atoms with Crippen LogP contribution in [0.15, 0.2) is 54.6 Å². The van der Waals surface area contributed by atoms with Crippen LogP contribution < -0.4 is 13.9 Å². The molecule has 1 atom stereocenters. The van der Waals surface area contributed by atoms with Crippen LogP contribution in [0.2, 0.25) is 0 Å². The zero-order valence-corrected chi connectivity index (χ0v) is 19.4. The molecule has 34 heavy (non-hydrogen) atoms. The normalized spacial score (nSPS) is 17.7. The largest absolute Gasteiger partial charge is 0.494 e. The van der Waals surface area contributed by atoms with Crippen LogP contribution in [0.1, 0.15) is 37.1 Å². The van der Waals surface area contributed by atoms with Crippen LogP contribution in [0.25, 0.3) is 0 Å². The highest BCUT2D eigenvalue weighted by Gasteiger charge is 2.53. The SMILES string of the molecule is CCc1ccc(N2c3c(F)c(F)cc(OC)c3N(S(=O)(=O)C3CC3)C2c2ccccc2)c(F)c1. The van der Waals surface area contributed by atoms with Crippen LogP contribution in [0.5, 0.6) is 5.75 Å². The number of rotatable bonds is 6. The Morgan fingerprint density at radius 3 is 2.26 bits per heavy atom. The van der Waals surface area contributed by atoms with Crippen molar-refractivity contribution in [2.75, 3.05) is 16.3 Å². The van der Waals surface area contributed by atoms with Gasteiger partial charge < -0.3 is 9.64 Å². The summed E-state index contributed by atoms with van der Waals surface area (Å²) in [4.78, 5) is 1.22. The molecule has 1 aliphatic carbocycles. The van der Waals surface area contributed by atoms with Gasteiger partial charge in [-0.25, -0.2) is 25.9 Å². The summed E-state index contributed by atoms with van der Waals surface area (Å²) in [6.45, 7) is 1.87. The van der Waals surface area contributed by atoms with Gasteiger partial charge in [0.05, 0.1) is 18.0 Å². The van der Waals surface area contributed by atoms with Gasteiger partial charge in [0.25, 0.3) is 0 Å². The zero-order chi connectivity index (χ0) is 24.2. The topological polar surface area (TPSA) is 49.9 Å². The van der Waals surface area contributed by atoms with E-state index in [0.717, 1.165) is 15.9 Å². The number of aryl methyl sites for hydroxylation is 1. The monoisotopic (exact) mass is 488 g/mol. The summed E-state index contributed by atoms with van der Waals surface area (Å²) in [7, 11) is -2.75. The van der Waals surface area contributed by atoms with Gasteiger partial charge in [0, 0.05) is 6.07 Å². The second-order valence-corrected chi connectivity index (χ2v) is 10.5. The Bertz CT molecular complexity index is 1360. The van der Waals surface area contributed by atoms with E-state index in [-0.39, 0.29) is 22.8 Å². The summed E-state index contributed by atoms with van der Waals surface area (Å²) in [5, 5.41) is -0.656. The van der Waals surface area contributed by atoms with Crippen LogP contribution in [-0.4, -0.2) is 20.8 Å². The van der Waals surface area contributed by atoms with Gasteiger partial charge in [-0.15, -0.1) is 0 Å². The molecule has 0 N–H and O–H groups in total. The molecule has 0 aromatic heterocycles. The van der Waals surface area contributed by atoms with Gasteiger partial charge in [0.1, 0.15) is 29.1 Å². The number of fused-ring (bicyclic) bond motifs is 1. The minimum Gasteiger partial charge on any atom is -0.494 e. The quantitative estimate of drug-likeness (QED) is 0.439. The fourth-order valence-electron chi connectivity index (χ4n) is 4.44. The van der Waals surface area contributed by atoms with Crippen molar-refractivity contribution >= 4 is 27.1 Å². The predicted molar refractivity (Wildman–Crippen MR) is 124 cm³/mol. The maximum absolute atomic E-state index is 15.5. The van der Waals surface area contributed by atoms with Crippen molar-refractivity contribution in [1.29, 1.82) is 0 Å². The molecule has 5 rings (SSSR count). The van der Waals surface area contributed by atoms with Gasteiger partial charge in [-0.3, -0.25) is 0 Å². The smallest absolute Gasteiger partial charge is 0.240 e. The number of methoxy groups -OCH3 is 1. The van der Waals surface area contributed by atoms with E-state index in [2.05, 4.69) is 0 Å². The number of hydrogen-bond acceptors (Lipinski definition) is 4. The molecule has 0 radical (unpaired) electrons. The molecule has 178 valence electrons. The first-order valence-electron chi connectivity index (χ1n) is 11.0. The number of hydrogen-bond donors (Lipinski definition) is 0. The third-order valence-electron chi connectivity index (χ3n) is 6.28. The average molecular weight is 489 g/mol. The van der Waals surface area contributed by atoms with Gasteiger partial charge in [-0.1, -0.05) is 43.3 Å². The summed E-state index contributed by atoms with van der Waals surface area (Å²) in [6, 6.07) is 13.8. The lowest BCUT2D eigenvalue weighted by Gasteiger charge is -2.33. The number of ether oxygens (including phenoxy) is 1. The van der Waals surface area contributed by atoms with Crippen molar-refractivity contribution in [3.05, 3.63) is 83.2 Å². The molecule has 1 unspecified atom stereocenters. The maximum atomic E-state index is 15.5. The molecule has 1 aliphatic heterocycles. The Hall–Kier alpha value is -3.20. The summed E-state index contributed by atoms with van der Waals surface area (Å²) in [6.07, 6.45) is 0.325. The van der Waals surface area contributed by atoms with Crippen LogP contribution in [0.4, 0.5) is 30.2 Å². The van der Waals surface area contributed by atoms with E-state index < -0.39 is 38.9 Å². The molecular weight excluding hydrogens is 465 g/mol. The van der Waals surface area contributed by atoms with Gasteiger partial charge in [0.15, 0.2) is 11.6 Å². The molecule has 0 spiro atoms. The number of halogens is 3. The van der Waals surface area contributed by atoms with E-state index in [0.29, 0.717) is 24.8 Å². The predicted octanol–water partition coefficient (Wildman–Crippen LogP) is 5.82. The van der Waals surface area contributed by atoms with Gasteiger partial charge in [0.2, 0.25) is 10.0 Å². The van der Waals surface area contributed by atoms with Gasteiger partial charge >= 0.3 is 0 Å². The Kier molecular flexibility index (Phi) is 5.47. The van der Waals surface area contributed by atoms with E-state index in [4.69, 9.17) is 4.74 Å². The molecule has 9 heteroatoms. The molecule has 2 aliphatic rings. The third-order valence-corrected chi connectivity index (χ3v) is 8.52. The van der Waals surface area contributed by atoms with Crippen molar-refractivity contribution in [2.45, 2.75) is 37.6 Å². The van der Waals surface area contributed by atoms with Crippen molar-refractivity contribution in [3.8, 4) is 5.75 Å². The first kappa shape index (κ1) is 22.6. The minimum absolute atomic E-state index is 0.0626. The van der Waals surface area contributed by atoms with Crippen molar-refractivity contribution in [2.24, 2.45) is 0 Å². The molecule has 5 nitrogen and oxygen atoms in total. The lowest BCUT2D eigenvalue weighted by molar-refractivity contribution is 0.408. The van der Waals surface area contributed by atoms with Crippen LogP contribution in [0, 0.1) is 17.5 Å². The molecule has 1 saturated carbocycles. The summed E-state index contributed by atoms with van der Waals surface area (Å²) in [5.74, 6) is -3.31. The Morgan fingerprint density at radius 2 is 1.68 bits per heavy atom. The first-order chi connectivity index (χ1) is 16.3. The fraction of sp³-hybridized carbons (Fsp3) is 0.280. The van der Waals surface area contributed by atoms with E-state index in [9.17, 15) is 12.8 Å². The van der Waals surface area contributed by atoms with E-state index in [1.807, 2.05) is 6.92 Å². The summed E-state index contributed by atoms with van der Waals surface area (Å²) in [5.41, 5.74) is 0.618. The molecular formula is C25H23F3N2O3S. The molecule has 0 amide bonds. The second kappa shape index (κ2) is 8.23. The number of benzene rings is 3. The standard InChI is InChI=1S/C25H23F3N2O3S/c1-3-15-9-12-20(18(26)13-15)29-24-22(28)19(27)14-21(33-2)23(24)30(34(31,32)17-10-11-17)25(29)16-7-5-4-6-8-16/h4-9,12-14,17,25H,3,10-11H2,1-2H3. The minimum atomic E-state index is -4.00. The molecule has 3 aromatic rings. The lowest BCUT2D eigenvalue weighted by atomic mass is 10.1. The van der Waals surface area contributed by atoms with E-state index in [1.54, 1.807) is 36.4 Å². The fourth-order valence-corrected chi connectivity index (χ4v) is 6.42. The second-order valence-electron chi connectivity index (χ2n) is 8.41. The Labute approximate surface area is 196 Å². The van der Waals surface area contributed by atoms with Crippen molar-refractivity contribution in [3.63, 3.8) is 0 Å². The Balaban J connectivity index is 1.87. The average Bonchev–Trinajstić information content (AvgIpc) is 3.64. The number of nitrogens with zero attached hydrogens (tertiary/aromatic N) is 2. The molecule has 1 heterocycles.